The molecule has 1 aliphatic rings. The second-order valence-electron chi connectivity index (χ2n) is 4.39. The molecule has 1 N–H and O–H groups in total. The van der Waals surface area contributed by atoms with Gasteiger partial charge in [0.1, 0.15) is 5.82 Å². The van der Waals surface area contributed by atoms with E-state index in [2.05, 4.69) is 12.2 Å². The molecule has 0 amide bonds. The zero-order valence-corrected chi connectivity index (χ0v) is 9.52. The molecule has 1 aromatic carbocycles. The molecule has 1 aliphatic carbocycles. The maximum Gasteiger partial charge on any atom is 0.129 e. The molecule has 2 rings (SSSR count). The predicted octanol–water partition coefficient (Wildman–Crippen LogP) is 3.37. The zero-order valence-electron chi connectivity index (χ0n) is 8.76. The van der Waals surface area contributed by atoms with Crippen molar-refractivity contribution in [2.75, 3.05) is 0 Å². The van der Waals surface area contributed by atoms with Crippen molar-refractivity contribution < 1.29 is 4.39 Å². The number of hydrogen-bond donors (Lipinski definition) is 1. The molecule has 0 atom stereocenters. The molecule has 0 aromatic heterocycles. The number of benzene rings is 1. The number of hydrogen-bond acceptors (Lipinski definition) is 1. The summed E-state index contributed by atoms with van der Waals surface area (Å²) < 4.78 is 13.4. The van der Waals surface area contributed by atoms with E-state index in [4.69, 9.17) is 11.6 Å². The smallest absolute Gasteiger partial charge is 0.129 e. The quantitative estimate of drug-likeness (QED) is 0.835. The maximum absolute atomic E-state index is 13.4. The molecule has 3 heteroatoms. The SMILES string of the molecule is CC1CC(NCc2ccc(Cl)cc2F)C1. The summed E-state index contributed by atoms with van der Waals surface area (Å²) in [6.07, 6.45) is 2.41. The van der Waals surface area contributed by atoms with Gasteiger partial charge in [-0.05, 0) is 30.9 Å². The lowest BCUT2D eigenvalue weighted by Gasteiger charge is -2.33. The van der Waals surface area contributed by atoms with E-state index in [0.29, 0.717) is 23.2 Å². The summed E-state index contributed by atoms with van der Waals surface area (Å²) in [5.41, 5.74) is 0.693. The van der Waals surface area contributed by atoms with Crippen LogP contribution in [0, 0.1) is 11.7 Å². The summed E-state index contributed by atoms with van der Waals surface area (Å²) in [4.78, 5) is 0. The molecule has 0 radical (unpaired) electrons. The van der Waals surface area contributed by atoms with E-state index >= 15 is 0 Å². The van der Waals surface area contributed by atoms with E-state index in [1.807, 2.05) is 0 Å². The Morgan fingerprint density at radius 1 is 1.47 bits per heavy atom. The molecule has 1 aromatic rings. The first-order chi connectivity index (χ1) is 7.15. The van der Waals surface area contributed by atoms with Gasteiger partial charge in [0.05, 0.1) is 0 Å². The third-order valence-electron chi connectivity index (χ3n) is 2.97. The van der Waals surface area contributed by atoms with Crippen molar-refractivity contribution in [3.63, 3.8) is 0 Å². The van der Waals surface area contributed by atoms with Gasteiger partial charge in [0.25, 0.3) is 0 Å². The van der Waals surface area contributed by atoms with E-state index < -0.39 is 0 Å². The van der Waals surface area contributed by atoms with E-state index in [1.54, 1.807) is 12.1 Å². The average Bonchev–Trinajstić information content (AvgIpc) is 2.13. The van der Waals surface area contributed by atoms with Gasteiger partial charge < -0.3 is 5.32 Å². The Hall–Kier alpha value is -0.600. The minimum Gasteiger partial charge on any atom is -0.310 e. The monoisotopic (exact) mass is 227 g/mol. The summed E-state index contributed by atoms with van der Waals surface area (Å²) in [7, 11) is 0. The second-order valence-corrected chi connectivity index (χ2v) is 4.83. The molecule has 82 valence electrons. The largest absolute Gasteiger partial charge is 0.310 e. The first kappa shape index (κ1) is 10.9. The molecule has 15 heavy (non-hydrogen) atoms. The van der Waals surface area contributed by atoms with Crippen molar-refractivity contribution in [2.45, 2.75) is 32.4 Å². The Labute approximate surface area is 94.6 Å². The van der Waals surface area contributed by atoms with Crippen LogP contribution in [-0.2, 0) is 6.54 Å². The molecule has 0 bridgehead atoms. The Morgan fingerprint density at radius 2 is 2.20 bits per heavy atom. The van der Waals surface area contributed by atoms with Crippen LogP contribution in [0.5, 0.6) is 0 Å². The highest BCUT2D eigenvalue weighted by Gasteiger charge is 2.24. The van der Waals surface area contributed by atoms with Crippen LogP contribution in [0.25, 0.3) is 0 Å². The second kappa shape index (κ2) is 4.50. The van der Waals surface area contributed by atoms with Crippen molar-refractivity contribution in [3.8, 4) is 0 Å². The minimum absolute atomic E-state index is 0.220. The zero-order chi connectivity index (χ0) is 10.8. The van der Waals surface area contributed by atoms with Crippen molar-refractivity contribution in [1.82, 2.24) is 5.32 Å². The van der Waals surface area contributed by atoms with Crippen LogP contribution in [0.15, 0.2) is 18.2 Å². The van der Waals surface area contributed by atoms with Gasteiger partial charge in [0.15, 0.2) is 0 Å². The van der Waals surface area contributed by atoms with Crippen molar-refractivity contribution in [2.24, 2.45) is 5.92 Å². The Balaban J connectivity index is 1.88. The molecule has 0 aliphatic heterocycles. The Kier molecular flexibility index (Phi) is 3.27. The fourth-order valence-electron chi connectivity index (χ4n) is 1.99. The van der Waals surface area contributed by atoms with Crippen LogP contribution < -0.4 is 5.32 Å². The van der Waals surface area contributed by atoms with Gasteiger partial charge in [-0.15, -0.1) is 0 Å². The van der Waals surface area contributed by atoms with Crippen LogP contribution in [0.1, 0.15) is 25.3 Å². The molecule has 0 spiro atoms. The van der Waals surface area contributed by atoms with E-state index in [-0.39, 0.29) is 5.82 Å². The molecule has 0 unspecified atom stereocenters. The van der Waals surface area contributed by atoms with E-state index in [9.17, 15) is 4.39 Å². The number of nitrogens with one attached hydrogen (secondary N) is 1. The van der Waals surface area contributed by atoms with Gasteiger partial charge >= 0.3 is 0 Å². The minimum atomic E-state index is -0.220. The standard InChI is InChI=1S/C12H15ClFN/c1-8-4-11(5-8)15-7-9-2-3-10(13)6-12(9)14/h2-3,6,8,11,15H,4-5,7H2,1H3. The van der Waals surface area contributed by atoms with Crippen LogP contribution in [-0.4, -0.2) is 6.04 Å². The van der Waals surface area contributed by atoms with Gasteiger partial charge in [-0.1, -0.05) is 24.6 Å². The molecular formula is C12H15ClFN. The lowest BCUT2D eigenvalue weighted by atomic mass is 9.82. The summed E-state index contributed by atoms with van der Waals surface area (Å²) in [6, 6.07) is 5.40. The lowest BCUT2D eigenvalue weighted by Crippen LogP contribution is -2.39. The summed E-state index contributed by atoms with van der Waals surface area (Å²) in [5.74, 6) is 0.597. The highest BCUT2D eigenvalue weighted by Crippen LogP contribution is 2.26. The molecule has 1 fully saturated rings. The normalized spacial score (nSPS) is 25.0. The first-order valence-electron chi connectivity index (χ1n) is 5.32. The first-order valence-corrected chi connectivity index (χ1v) is 5.70. The molecule has 0 saturated heterocycles. The topological polar surface area (TPSA) is 12.0 Å². The van der Waals surface area contributed by atoms with Crippen LogP contribution in [0.4, 0.5) is 4.39 Å². The number of rotatable bonds is 3. The fraction of sp³-hybridized carbons (Fsp3) is 0.500. The van der Waals surface area contributed by atoms with E-state index in [1.165, 1.54) is 18.9 Å². The van der Waals surface area contributed by atoms with Crippen LogP contribution in [0.3, 0.4) is 0 Å². The van der Waals surface area contributed by atoms with E-state index in [0.717, 1.165) is 5.92 Å². The Bertz CT molecular complexity index is 347. The van der Waals surface area contributed by atoms with Crippen molar-refractivity contribution >= 4 is 11.6 Å². The third-order valence-corrected chi connectivity index (χ3v) is 3.21. The highest BCUT2D eigenvalue weighted by molar-refractivity contribution is 6.30. The van der Waals surface area contributed by atoms with Gasteiger partial charge in [0, 0.05) is 23.2 Å². The Morgan fingerprint density at radius 3 is 2.80 bits per heavy atom. The molecule has 0 heterocycles. The molecule has 1 saturated carbocycles. The molecular weight excluding hydrogens is 213 g/mol. The van der Waals surface area contributed by atoms with Gasteiger partial charge in [-0.3, -0.25) is 0 Å². The summed E-state index contributed by atoms with van der Waals surface area (Å²) >= 11 is 5.68. The average molecular weight is 228 g/mol. The van der Waals surface area contributed by atoms with Crippen LogP contribution >= 0.6 is 11.6 Å². The highest BCUT2D eigenvalue weighted by atomic mass is 35.5. The summed E-state index contributed by atoms with van der Waals surface area (Å²) in [6.45, 7) is 2.83. The van der Waals surface area contributed by atoms with Crippen molar-refractivity contribution in [1.29, 1.82) is 0 Å². The third kappa shape index (κ3) is 2.70. The predicted molar refractivity (Wildman–Crippen MR) is 60.4 cm³/mol. The maximum atomic E-state index is 13.4. The lowest BCUT2D eigenvalue weighted by molar-refractivity contribution is 0.239. The molecule has 1 nitrogen and oxygen atoms in total. The van der Waals surface area contributed by atoms with Crippen LogP contribution in [0.2, 0.25) is 5.02 Å². The van der Waals surface area contributed by atoms with Gasteiger partial charge in [-0.25, -0.2) is 4.39 Å². The fourth-order valence-corrected chi connectivity index (χ4v) is 2.15. The van der Waals surface area contributed by atoms with Gasteiger partial charge in [0.2, 0.25) is 0 Å². The van der Waals surface area contributed by atoms with Gasteiger partial charge in [-0.2, -0.15) is 0 Å². The number of halogens is 2. The van der Waals surface area contributed by atoms with Crippen molar-refractivity contribution in [3.05, 3.63) is 34.6 Å². The summed E-state index contributed by atoms with van der Waals surface area (Å²) in [5, 5.41) is 3.80.